The number of fused-ring (bicyclic) bond motifs is 1. The Morgan fingerprint density at radius 1 is 1.13 bits per heavy atom. The maximum absolute atomic E-state index is 12.7. The summed E-state index contributed by atoms with van der Waals surface area (Å²) in [6, 6.07) is 3.51. The molecule has 0 aliphatic rings. The average molecular weight is 308 g/mol. The van der Waals surface area contributed by atoms with Crippen molar-refractivity contribution in [1.82, 2.24) is 19.5 Å². The fraction of sp³-hybridized carbons (Fsp3) is 0.235. The van der Waals surface area contributed by atoms with E-state index in [9.17, 15) is 9.59 Å². The highest BCUT2D eigenvalue weighted by Gasteiger charge is 2.16. The smallest absolute Gasteiger partial charge is 0.261 e. The van der Waals surface area contributed by atoms with E-state index >= 15 is 0 Å². The summed E-state index contributed by atoms with van der Waals surface area (Å²) in [5, 5.41) is 0.439. The maximum Gasteiger partial charge on any atom is 0.261 e. The number of benzene rings is 1. The molecule has 3 aromatic rings. The SMILES string of the molecule is CC(=O)c1cc(C)cc2c(=O)n(C)c(-c3cnc(C)nc3)nc12. The van der Waals surface area contributed by atoms with Crippen LogP contribution in [-0.2, 0) is 7.05 Å². The van der Waals surface area contributed by atoms with Gasteiger partial charge in [-0.3, -0.25) is 14.2 Å². The van der Waals surface area contributed by atoms with Gasteiger partial charge in [0.1, 0.15) is 11.6 Å². The lowest BCUT2D eigenvalue weighted by atomic mass is 10.0. The molecule has 0 saturated heterocycles. The Balaban J connectivity index is 2.41. The molecule has 0 spiro atoms. The molecule has 0 bridgehead atoms. The van der Waals surface area contributed by atoms with Gasteiger partial charge in [-0.2, -0.15) is 0 Å². The zero-order valence-electron chi connectivity index (χ0n) is 13.4. The monoisotopic (exact) mass is 308 g/mol. The Kier molecular flexibility index (Phi) is 3.52. The maximum atomic E-state index is 12.7. The molecular formula is C17H16N4O2. The molecule has 0 fully saturated rings. The van der Waals surface area contributed by atoms with Gasteiger partial charge in [-0.15, -0.1) is 0 Å². The number of carbonyl (C=O) groups excluding carboxylic acids is 1. The molecule has 0 aliphatic heterocycles. The van der Waals surface area contributed by atoms with Crippen LogP contribution in [0.2, 0.25) is 0 Å². The van der Waals surface area contributed by atoms with Crippen LogP contribution in [0.1, 0.15) is 28.7 Å². The van der Waals surface area contributed by atoms with Crippen molar-refractivity contribution in [3.63, 3.8) is 0 Å². The first-order valence-corrected chi connectivity index (χ1v) is 7.20. The first kappa shape index (κ1) is 15.0. The summed E-state index contributed by atoms with van der Waals surface area (Å²) >= 11 is 0. The molecule has 6 heteroatoms. The number of Topliss-reactive ketones (excluding diaryl/α,β-unsaturated/α-hetero) is 1. The Morgan fingerprint density at radius 2 is 1.78 bits per heavy atom. The number of rotatable bonds is 2. The van der Waals surface area contributed by atoms with Gasteiger partial charge in [0.25, 0.3) is 5.56 Å². The van der Waals surface area contributed by atoms with E-state index in [1.54, 1.807) is 38.5 Å². The Hall–Kier alpha value is -2.89. The summed E-state index contributed by atoms with van der Waals surface area (Å²) in [6.07, 6.45) is 3.25. The van der Waals surface area contributed by atoms with E-state index < -0.39 is 0 Å². The van der Waals surface area contributed by atoms with Gasteiger partial charge in [-0.05, 0) is 38.5 Å². The standard InChI is InChI=1S/C17H16N4O2/c1-9-5-13(10(2)22)15-14(6-9)17(23)21(4)16(20-15)12-7-18-11(3)19-8-12/h5-8H,1-4H3. The van der Waals surface area contributed by atoms with Gasteiger partial charge in [0.05, 0.1) is 16.5 Å². The lowest BCUT2D eigenvalue weighted by molar-refractivity contribution is 0.101. The molecule has 3 rings (SSSR count). The molecular weight excluding hydrogens is 292 g/mol. The average Bonchev–Trinajstić information content (AvgIpc) is 2.51. The number of aryl methyl sites for hydroxylation is 2. The molecule has 1 aromatic carbocycles. The van der Waals surface area contributed by atoms with Crippen molar-refractivity contribution in [3.8, 4) is 11.4 Å². The fourth-order valence-corrected chi connectivity index (χ4v) is 2.55. The van der Waals surface area contributed by atoms with Crippen LogP contribution < -0.4 is 5.56 Å². The van der Waals surface area contributed by atoms with Crippen LogP contribution in [0.15, 0.2) is 29.3 Å². The zero-order chi connectivity index (χ0) is 16.7. The molecule has 0 N–H and O–H groups in total. The molecule has 2 aromatic heterocycles. The summed E-state index contributed by atoms with van der Waals surface area (Å²) in [5.74, 6) is 0.957. The van der Waals surface area contributed by atoms with Gasteiger partial charge in [0.15, 0.2) is 5.78 Å². The van der Waals surface area contributed by atoms with Crippen LogP contribution in [0.3, 0.4) is 0 Å². The summed E-state index contributed by atoms with van der Waals surface area (Å²) in [4.78, 5) is 37.5. The van der Waals surface area contributed by atoms with Gasteiger partial charge in [0.2, 0.25) is 0 Å². The van der Waals surface area contributed by atoms with Crippen LogP contribution in [0.5, 0.6) is 0 Å². The van der Waals surface area contributed by atoms with Gasteiger partial charge in [-0.1, -0.05) is 0 Å². The summed E-state index contributed by atoms with van der Waals surface area (Å²) in [6.45, 7) is 5.11. The van der Waals surface area contributed by atoms with Gasteiger partial charge in [-0.25, -0.2) is 15.0 Å². The van der Waals surface area contributed by atoms with Gasteiger partial charge < -0.3 is 0 Å². The van der Waals surface area contributed by atoms with Crippen molar-refractivity contribution in [2.24, 2.45) is 7.05 Å². The van der Waals surface area contributed by atoms with E-state index in [2.05, 4.69) is 15.0 Å². The minimum absolute atomic E-state index is 0.120. The van der Waals surface area contributed by atoms with Crippen molar-refractivity contribution in [2.75, 3.05) is 0 Å². The summed E-state index contributed by atoms with van der Waals surface area (Å²) in [5.41, 5.74) is 2.16. The van der Waals surface area contributed by atoms with E-state index in [-0.39, 0.29) is 11.3 Å². The first-order valence-electron chi connectivity index (χ1n) is 7.20. The topological polar surface area (TPSA) is 77.7 Å². The second kappa shape index (κ2) is 5.39. The van der Waals surface area contributed by atoms with Crippen LogP contribution in [0.25, 0.3) is 22.3 Å². The van der Waals surface area contributed by atoms with Crippen LogP contribution in [0.4, 0.5) is 0 Å². The third kappa shape index (κ3) is 2.52. The molecule has 116 valence electrons. The normalized spacial score (nSPS) is 11.0. The Bertz CT molecular complexity index is 988. The molecule has 2 heterocycles. The number of carbonyl (C=O) groups is 1. The van der Waals surface area contributed by atoms with Crippen LogP contribution >= 0.6 is 0 Å². The van der Waals surface area contributed by atoms with Crippen molar-refractivity contribution >= 4 is 16.7 Å². The Labute approximate surface area is 132 Å². The number of ketones is 1. The van der Waals surface area contributed by atoms with Crippen molar-refractivity contribution in [3.05, 3.63) is 51.8 Å². The molecule has 0 radical (unpaired) electrons. The number of nitrogens with zero attached hydrogens (tertiary/aromatic N) is 4. The second-order valence-electron chi connectivity index (χ2n) is 5.58. The van der Waals surface area contributed by atoms with Crippen molar-refractivity contribution < 1.29 is 4.79 Å². The quantitative estimate of drug-likeness (QED) is 0.678. The highest BCUT2D eigenvalue weighted by Crippen LogP contribution is 2.21. The van der Waals surface area contributed by atoms with E-state index in [0.717, 1.165) is 5.56 Å². The third-order valence-corrected chi connectivity index (χ3v) is 3.74. The largest absolute Gasteiger partial charge is 0.295 e. The molecule has 0 aliphatic carbocycles. The molecule has 0 amide bonds. The molecule has 23 heavy (non-hydrogen) atoms. The minimum atomic E-state index is -0.197. The number of hydrogen-bond donors (Lipinski definition) is 0. The minimum Gasteiger partial charge on any atom is -0.295 e. The van der Waals surface area contributed by atoms with Crippen LogP contribution in [0, 0.1) is 13.8 Å². The highest BCUT2D eigenvalue weighted by molar-refractivity contribution is 6.05. The van der Waals surface area contributed by atoms with Crippen molar-refractivity contribution in [1.29, 1.82) is 0 Å². The fourth-order valence-electron chi connectivity index (χ4n) is 2.55. The van der Waals surface area contributed by atoms with Crippen LogP contribution in [-0.4, -0.2) is 25.3 Å². The summed E-state index contributed by atoms with van der Waals surface area (Å²) in [7, 11) is 1.65. The number of aromatic nitrogens is 4. The van der Waals surface area contributed by atoms with E-state index in [4.69, 9.17) is 0 Å². The first-order chi connectivity index (χ1) is 10.9. The second-order valence-corrected chi connectivity index (χ2v) is 5.58. The molecule has 0 unspecified atom stereocenters. The van der Waals surface area contributed by atoms with Gasteiger partial charge in [0, 0.05) is 25.0 Å². The van der Waals surface area contributed by atoms with Crippen molar-refractivity contribution in [2.45, 2.75) is 20.8 Å². The van der Waals surface area contributed by atoms with E-state index in [1.807, 2.05) is 6.92 Å². The molecule has 0 atom stereocenters. The predicted molar refractivity (Wildman–Crippen MR) is 87.5 cm³/mol. The molecule has 6 nitrogen and oxygen atoms in total. The lowest BCUT2D eigenvalue weighted by Gasteiger charge is -2.11. The lowest BCUT2D eigenvalue weighted by Crippen LogP contribution is -2.21. The Morgan fingerprint density at radius 3 is 2.39 bits per heavy atom. The predicted octanol–water partition coefficient (Wildman–Crippen LogP) is 2.21. The zero-order valence-corrected chi connectivity index (χ0v) is 13.4. The third-order valence-electron chi connectivity index (χ3n) is 3.74. The van der Waals surface area contributed by atoms with E-state index in [0.29, 0.717) is 33.7 Å². The highest BCUT2D eigenvalue weighted by atomic mass is 16.1. The molecule has 0 saturated carbocycles. The van der Waals surface area contributed by atoms with Gasteiger partial charge >= 0.3 is 0 Å². The number of hydrogen-bond acceptors (Lipinski definition) is 5. The van der Waals surface area contributed by atoms with E-state index in [1.165, 1.54) is 11.5 Å². The summed E-state index contributed by atoms with van der Waals surface area (Å²) < 4.78 is 1.46.